The third kappa shape index (κ3) is 4.94. The highest BCUT2D eigenvalue weighted by Crippen LogP contribution is 2.32. The lowest BCUT2D eigenvalue weighted by Gasteiger charge is -2.25. The molecule has 4 aromatic rings. The molecule has 0 fully saturated rings. The summed E-state index contributed by atoms with van der Waals surface area (Å²) in [4.78, 5) is 42.9. The number of nitro groups is 1. The first-order valence-corrected chi connectivity index (χ1v) is 12.6. The topological polar surface area (TPSA) is 136 Å². The number of nitro benzene ring substituents is 1. The van der Waals surface area contributed by atoms with Gasteiger partial charge in [0, 0.05) is 11.8 Å². The number of thiazole rings is 1. The van der Waals surface area contributed by atoms with Gasteiger partial charge in [-0.3, -0.25) is 24.3 Å². The number of hydrogen-bond donors (Lipinski definition) is 2. The van der Waals surface area contributed by atoms with Crippen molar-refractivity contribution in [3.63, 3.8) is 0 Å². The van der Waals surface area contributed by atoms with Crippen molar-refractivity contribution >= 4 is 34.7 Å². The molecule has 1 aliphatic heterocycles. The summed E-state index contributed by atoms with van der Waals surface area (Å²) >= 11 is 1.10. The number of ether oxygens (including phenoxy) is 1. The molecular formula is C28H22N4O6S. The molecule has 1 amide bonds. The van der Waals surface area contributed by atoms with Crippen molar-refractivity contribution in [2.24, 2.45) is 4.99 Å². The maximum atomic E-state index is 13.8. The first-order chi connectivity index (χ1) is 18.8. The minimum atomic E-state index is -0.809. The number of aromatic nitrogens is 1. The second-order valence-corrected chi connectivity index (χ2v) is 9.69. The van der Waals surface area contributed by atoms with Gasteiger partial charge in [-0.15, -0.1) is 0 Å². The largest absolute Gasteiger partial charge is 0.502 e. The van der Waals surface area contributed by atoms with Crippen LogP contribution in [0.4, 0.5) is 11.4 Å². The molecule has 0 aliphatic carbocycles. The van der Waals surface area contributed by atoms with E-state index in [1.165, 1.54) is 36.0 Å². The number of allylic oxidation sites excluding steroid dienone is 1. The SMILES string of the molecule is COc1cccc([C@H]2C(C(=O)Nc3ccccc3)=C(C)N=c3s/c(=C\c4ccc(O)c([N+](=O)[O-])c4)c(=O)n32)c1. The summed E-state index contributed by atoms with van der Waals surface area (Å²) in [7, 11) is 1.53. The first kappa shape index (κ1) is 25.6. The zero-order valence-electron chi connectivity index (χ0n) is 20.8. The maximum absolute atomic E-state index is 13.8. The second kappa shape index (κ2) is 10.4. The molecule has 3 aromatic carbocycles. The van der Waals surface area contributed by atoms with Crippen LogP contribution >= 0.6 is 11.3 Å². The smallest absolute Gasteiger partial charge is 0.311 e. The molecule has 1 aliphatic rings. The molecule has 196 valence electrons. The van der Waals surface area contributed by atoms with Crippen molar-refractivity contribution in [3.05, 3.63) is 125 Å². The van der Waals surface area contributed by atoms with Crippen LogP contribution in [0.15, 0.2) is 93.9 Å². The van der Waals surface area contributed by atoms with Crippen LogP contribution in [0.3, 0.4) is 0 Å². The number of phenolic OH excluding ortho intramolecular Hbond substituents is 1. The second-order valence-electron chi connectivity index (χ2n) is 8.68. The van der Waals surface area contributed by atoms with Crippen molar-refractivity contribution in [1.82, 2.24) is 4.57 Å². The van der Waals surface area contributed by atoms with Crippen molar-refractivity contribution in [2.45, 2.75) is 13.0 Å². The molecule has 0 saturated heterocycles. The Hall–Kier alpha value is -5.03. The van der Waals surface area contributed by atoms with E-state index in [0.717, 1.165) is 11.3 Å². The lowest BCUT2D eigenvalue weighted by Crippen LogP contribution is -2.40. The highest BCUT2D eigenvalue weighted by molar-refractivity contribution is 7.07. The predicted octanol–water partition coefficient (Wildman–Crippen LogP) is 3.50. The molecule has 0 radical (unpaired) electrons. The lowest BCUT2D eigenvalue weighted by atomic mass is 9.95. The summed E-state index contributed by atoms with van der Waals surface area (Å²) in [6.45, 7) is 1.72. The number of methoxy groups -OCH3 is 1. The number of anilines is 1. The summed E-state index contributed by atoms with van der Waals surface area (Å²) in [6, 6.07) is 19.2. The highest BCUT2D eigenvalue weighted by Gasteiger charge is 2.32. The average molecular weight is 543 g/mol. The fourth-order valence-electron chi connectivity index (χ4n) is 4.39. The van der Waals surface area contributed by atoms with Gasteiger partial charge in [-0.2, -0.15) is 0 Å². The van der Waals surface area contributed by atoms with E-state index in [0.29, 0.717) is 38.6 Å². The highest BCUT2D eigenvalue weighted by atomic mass is 32.1. The van der Waals surface area contributed by atoms with Crippen LogP contribution in [-0.4, -0.2) is 27.6 Å². The first-order valence-electron chi connectivity index (χ1n) is 11.8. The number of carbonyl (C=O) groups is 1. The Bertz CT molecular complexity index is 1820. The van der Waals surface area contributed by atoms with Crippen molar-refractivity contribution < 1.29 is 19.6 Å². The van der Waals surface area contributed by atoms with Crippen LogP contribution in [0.5, 0.6) is 11.5 Å². The third-order valence-corrected chi connectivity index (χ3v) is 7.18. The average Bonchev–Trinajstić information content (AvgIpc) is 3.23. The number of phenols is 1. The van der Waals surface area contributed by atoms with Crippen LogP contribution in [-0.2, 0) is 4.79 Å². The zero-order chi connectivity index (χ0) is 27.7. The van der Waals surface area contributed by atoms with Gasteiger partial charge < -0.3 is 15.2 Å². The van der Waals surface area contributed by atoms with Gasteiger partial charge in [-0.1, -0.05) is 47.7 Å². The molecule has 0 spiro atoms. The number of para-hydroxylation sites is 1. The van der Waals surface area contributed by atoms with Crippen LogP contribution in [0, 0.1) is 10.1 Å². The third-order valence-electron chi connectivity index (χ3n) is 6.20. The van der Waals surface area contributed by atoms with E-state index in [2.05, 4.69) is 10.3 Å². The summed E-state index contributed by atoms with van der Waals surface area (Å²) < 4.78 is 7.11. The molecule has 0 saturated carbocycles. The number of aromatic hydroxyl groups is 1. The van der Waals surface area contributed by atoms with E-state index >= 15 is 0 Å². The van der Waals surface area contributed by atoms with Crippen LogP contribution in [0.25, 0.3) is 6.08 Å². The molecule has 0 bridgehead atoms. The quantitative estimate of drug-likeness (QED) is 0.283. The van der Waals surface area contributed by atoms with Crippen molar-refractivity contribution in [1.29, 1.82) is 0 Å². The number of carbonyl (C=O) groups excluding carboxylic acids is 1. The van der Waals surface area contributed by atoms with Gasteiger partial charge in [-0.25, -0.2) is 4.99 Å². The van der Waals surface area contributed by atoms with Gasteiger partial charge in [0.25, 0.3) is 11.5 Å². The Kier molecular flexibility index (Phi) is 6.82. The minimum absolute atomic E-state index is 0.263. The summed E-state index contributed by atoms with van der Waals surface area (Å²) in [5.41, 5.74) is 1.46. The van der Waals surface area contributed by atoms with Gasteiger partial charge in [0.05, 0.1) is 33.9 Å². The van der Waals surface area contributed by atoms with Gasteiger partial charge >= 0.3 is 5.69 Å². The molecule has 5 rings (SSSR count). The number of hydrogen-bond acceptors (Lipinski definition) is 8. The van der Waals surface area contributed by atoms with E-state index < -0.39 is 33.9 Å². The fraction of sp³-hybridized carbons (Fsp3) is 0.107. The van der Waals surface area contributed by atoms with E-state index in [4.69, 9.17) is 4.74 Å². The fourth-order valence-corrected chi connectivity index (χ4v) is 5.43. The monoisotopic (exact) mass is 542 g/mol. The number of amides is 1. The maximum Gasteiger partial charge on any atom is 0.311 e. The van der Waals surface area contributed by atoms with Gasteiger partial charge in [0.15, 0.2) is 10.6 Å². The molecule has 10 nitrogen and oxygen atoms in total. The standard InChI is InChI=1S/C28H22N4O6S/c1-16-24(26(34)30-19-8-4-3-5-9-19)25(18-7-6-10-20(15-18)38-2)31-27(35)23(39-28(31)29-16)14-17-11-12-22(33)21(13-17)32(36)37/h3-15,25,33H,1-2H3,(H,30,34)/b23-14-/t25-/m0/s1. The van der Waals surface area contributed by atoms with E-state index in [9.17, 15) is 24.8 Å². The van der Waals surface area contributed by atoms with Crippen molar-refractivity contribution in [2.75, 3.05) is 12.4 Å². The Balaban J connectivity index is 1.69. The summed E-state index contributed by atoms with van der Waals surface area (Å²) in [5.74, 6) is -0.316. The molecule has 2 N–H and O–H groups in total. The Morgan fingerprint density at radius 2 is 1.92 bits per heavy atom. The number of nitrogens with one attached hydrogen (secondary N) is 1. The van der Waals surface area contributed by atoms with Gasteiger partial charge in [0.1, 0.15) is 5.75 Å². The number of rotatable bonds is 6. The van der Waals surface area contributed by atoms with Gasteiger partial charge in [-0.05, 0) is 54.5 Å². The molecule has 1 aromatic heterocycles. The summed E-state index contributed by atoms with van der Waals surface area (Å²) in [6.07, 6.45) is 1.50. The van der Waals surface area contributed by atoms with E-state index in [1.54, 1.807) is 49.4 Å². The molecule has 11 heteroatoms. The van der Waals surface area contributed by atoms with E-state index in [1.807, 2.05) is 12.1 Å². The predicted molar refractivity (Wildman–Crippen MR) is 147 cm³/mol. The molecule has 39 heavy (non-hydrogen) atoms. The molecule has 1 atom stereocenters. The Morgan fingerprint density at radius 1 is 1.15 bits per heavy atom. The van der Waals surface area contributed by atoms with Crippen molar-refractivity contribution in [3.8, 4) is 11.5 Å². The van der Waals surface area contributed by atoms with Gasteiger partial charge in [0.2, 0.25) is 0 Å². The normalized spacial score (nSPS) is 14.9. The number of benzene rings is 3. The number of fused-ring (bicyclic) bond motifs is 1. The van der Waals surface area contributed by atoms with Crippen LogP contribution in [0.1, 0.15) is 24.1 Å². The van der Waals surface area contributed by atoms with E-state index in [-0.39, 0.29) is 4.53 Å². The van der Waals surface area contributed by atoms with Crippen LogP contribution in [0.2, 0.25) is 0 Å². The Morgan fingerprint density at radius 3 is 2.64 bits per heavy atom. The lowest BCUT2D eigenvalue weighted by molar-refractivity contribution is -0.385. The molecular weight excluding hydrogens is 520 g/mol. The molecule has 2 heterocycles. The Labute approximate surface area is 225 Å². The molecule has 0 unspecified atom stereocenters. The zero-order valence-corrected chi connectivity index (χ0v) is 21.6. The minimum Gasteiger partial charge on any atom is -0.502 e. The van der Waals surface area contributed by atoms with Crippen LogP contribution < -0.4 is 24.9 Å². The summed E-state index contributed by atoms with van der Waals surface area (Å²) in [5, 5.41) is 24.0. The number of nitrogens with zero attached hydrogens (tertiary/aromatic N) is 3.